The summed E-state index contributed by atoms with van der Waals surface area (Å²) >= 11 is 0. The molecule has 0 heterocycles. The largest absolute Gasteiger partial charge is 0.504 e. The van der Waals surface area contributed by atoms with Crippen LogP contribution in [0.2, 0.25) is 0 Å². The van der Waals surface area contributed by atoms with Crippen LogP contribution in [0.25, 0.3) is 0 Å². The van der Waals surface area contributed by atoms with Crippen LogP contribution in [0, 0.1) is 0 Å². The third-order valence-corrected chi connectivity index (χ3v) is 2.92. The van der Waals surface area contributed by atoms with E-state index in [9.17, 15) is 24.9 Å². The van der Waals surface area contributed by atoms with Crippen molar-refractivity contribution >= 4 is 11.9 Å². The lowest BCUT2D eigenvalue weighted by atomic mass is 10.1. The van der Waals surface area contributed by atoms with Gasteiger partial charge in [0.25, 0.3) is 0 Å². The third-order valence-electron chi connectivity index (χ3n) is 2.92. The van der Waals surface area contributed by atoms with Gasteiger partial charge in [-0.05, 0) is 30.3 Å². The van der Waals surface area contributed by atoms with Crippen molar-refractivity contribution in [3.05, 3.63) is 41.5 Å². The molecule has 8 heteroatoms. The van der Waals surface area contributed by atoms with Crippen molar-refractivity contribution in [3.8, 4) is 28.7 Å². The summed E-state index contributed by atoms with van der Waals surface area (Å²) in [5.74, 6) is -4.23. The average Bonchev–Trinajstić information content (AvgIpc) is 2.51. The van der Waals surface area contributed by atoms with Gasteiger partial charge in [0.15, 0.2) is 23.0 Å². The second kappa shape index (κ2) is 6.14. The van der Waals surface area contributed by atoms with Crippen LogP contribution in [0.3, 0.4) is 0 Å². The van der Waals surface area contributed by atoms with E-state index in [0.717, 1.165) is 30.3 Å². The maximum absolute atomic E-state index is 12.0. The first-order chi connectivity index (χ1) is 10.8. The number of ether oxygens (including phenoxy) is 2. The molecule has 0 aromatic heterocycles. The zero-order valence-electron chi connectivity index (χ0n) is 11.8. The van der Waals surface area contributed by atoms with Crippen molar-refractivity contribution in [2.24, 2.45) is 0 Å². The molecule has 4 N–H and O–H groups in total. The fourth-order valence-electron chi connectivity index (χ4n) is 1.76. The molecular formula is C15H12O8. The lowest BCUT2D eigenvalue weighted by molar-refractivity contribution is 0.0696. The fourth-order valence-corrected chi connectivity index (χ4v) is 1.76. The highest BCUT2D eigenvalue weighted by Gasteiger charge is 2.18. The molecule has 0 fully saturated rings. The summed E-state index contributed by atoms with van der Waals surface area (Å²) in [6.07, 6.45) is 0. The number of esters is 1. The smallest absolute Gasteiger partial charge is 0.343 e. The van der Waals surface area contributed by atoms with Crippen molar-refractivity contribution in [2.75, 3.05) is 7.11 Å². The fraction of sp³-hybridized carbons (Fsp3) is 0.0667. The summed E-state index contributed by atoms with van der Waals surface area (Å²) in [6, 6.07) is 5.30. The highest BCUT2D eigenvalue weighted by Crippen LogP contribution is 2.37. The number of rotatable bonds is 4. The van der Waals surface area contributed by atoms with E-state index >= 15 is 0 Å². The van der Waals surface area contributed by atoms with Gasteiger partial charge in [-0.3, -0.25) is 0 Å². The van der Waals surface area contributed by atoms with Gasteiger partial charge in [-0.25, -0.2) is 9.59 Å². The van der Waals surface area contributed by atoms with Crippen LogP contribution in [-0.2, 0) is 0 Å². The maximum Gasteiger partial charge on any atom is 0.343 e. The number of carbonyl (C=O) groups excluding carboxylic acids is 1. The Morgan fingerprint density at radius 1 is 0.913 bits per heavy atom. The zero-order chi connectivity index (χ0) is 17.1. The number of carboxylic acid groups (broad SMARTS) is 1. The van der Waals surface area contributed by atoms with Gasteiger partial charge in [0.2, 0.25) is 5.75 Å². The van der Waals surface area contributed by atoms with Crippen molar-refractivity contribution in [1.29, 1.82) is 0 Å². The SMILES string of the molecule is COc1cc(C(=O)Oc2ccc(C(=O)O)cc2O)cc(O)c1O. The Balaban J connectivity index is 2.29. The first-order valence-corrected chi connectivity index (χ1v) is 6.22. The van der Waals surface area contributed by atoms with Crippen LogP contribution in [-0.4, -0.2) is 39.5 Å². The molecule has 0 radical (unpaired) electrons. The quantitative estimate of drug-likeness (QED) is 0.380. The first kappa shape index (κ1) is 16.0. The Kier molecular flexibility index (Phi) is 4.26. The molecule has 0 saturated carbocycles. The van der Waals surface area contributed by atoms with E-state index in [-0.39, 0.29) is 22.6 Å². The molecule has 0 saturated heterocycles. The number of aromatic hydroxyl groups is 3. The normalized spacial score (nSPS) is 10.1. The summed E-state index contributed by atoms with van der Waals surface area (Å²) < 4.78 is 9.73. The van der Waals surface area contributed by atoms with Crippen LogP contribution in [0.1, 0.15) is 20.7 Å². The third kappa shape index (κ3) is 3.26. The van der Waals surface area contributed by atoms with E-state index in [2.05, 4.69) is 0 Å². The zero-order valence-corrected chi connectivity index (χ0v) is 11.8. The monoisotopic (exact) mass is 320 g/mol. The van der Waals surface area contributed by atoms with E-state index in [1.807, 2.05) is 0 Å². The van der Waals surface area contributed by atoms with Gasteiger partial charge < -0.3 is 29.9 Å². The van der Waals surface area contributed by atoms with Crippen molar-refractivity contribution < 1.29 is 39.5 Å². The highest BCUT2D eigenvalue weighted by atomic mass is 16.5. The van der Waals surface area contributed by atoms with E-state index in [1.54, 1.807) is 0 Å². The molecular weight excluding hydrogens is 308 g/mol. The van der Waals surface area contributed by atoms with Gasteiger partial charge >= 0.3 is 11.9 Å². The molecule has 0 spiro atoms. The van der Waals surface area contributed by atoms with Gasteiger partial charge in [0.1, 0.15) is 0 Å². The maximum atomic E-state index is 12.0. The first-order valence-electron chi connectivity index (χ1n) is 6.22. The number of phenols is 3. The van der Waals surface area contributed by atoms with Crippen LogP contribution in [0.5, 0.6) is 28.7 Å². The number of hydrogen-bond acceptors (Lipinski definition) is 7. The molecule has 8 nitrogen and oxygen atoms in total. The standard InChI is InChI=1S/C15H12O8/c1-22-12-6-8(5-10(17)13(12)18)15(21)23-11-3-2-7(14(19)20)4-9(11)16/h2-6,16-18H,1H3,(H,19,20). The minimum absolute atomic E-state index is 0.137. The molecule has 0 aliphatic heterocycles. The van der Waals surface area contributed by atoms with Gasteiger partial charge in [0, 0.05) is 0 Å². The van der Waals surface area contributed by atoms with Crippen molar-refractivity contribution in [3.63, 3.8) is 0 Å². The lowest BCUT2D eigenvalue weighted by Crippen LogP contribution is -2.09. The Bertz CT molecular complexity index is 781. The summed E-state index contributed by atoms with van der Waals surface area (Å²) in [6.45, 7) is 0. The Morgan fingerprint density at radius 2 is 1.57 bits per heavy atom. The predicted molar refractivity (Wildman–Crippen MR) is 76.3 cm³/mol. The molecule has 0 unspecified atom stereocenters. The second-order valence-corrected chi connectivity index (χ2v) is 4.42. The topological polar surface area (TPSA) is 134 Å². The van der Waals surface area contributed by atoms with Crippen LogP contribution in [0.15, 0.2) is 30.3 Å². The number of carboxylic acids is 1. The predicted octanol–water partition coefficient (Wildman–Crippen LogP) is 1.73. The molecule has 0 aliphatic rings. The number of benzene rings is 2. The summed E-state index contributed by atoms with van der Waals surface area (Å²) in [5.41, 5.74) is -0.315. The number of hydrogen-bond donors (Lipinski definition) is 4. The highest BCUT2D eigenvalue weighted by molar-refractivity contribution is 5.93. The van der Waals surface area contributed by atoms with E-state index in [0.29, 0.717) is 0 Å². The molecule has 0 aliphatic carbocycles. The van der Waals surface area contributed by atoms with E-state index in [1.165, 1.54) is 7.11 Å². The summed E-state index contributed by atoms with van der Waals surface area (Å²) in [5, 5.41) is 37.5. The Morgan fingerprint density at radius 3 is 2.13 bits per heavy atom. The van der Waals surface area contributed by atoms with Crippen LogP contribution >= 0.6 is 0 Å². The molecule has 0 bridgehead atoms. The Hall–Kier alpha value is -3.42. The number of phenolic OH excluding ortho intramolecular Hbond substituents is 3. The molecule has 0 amide bonds. The average molecular weight is 320 g/mol. The van der Waals surface area contributed by atoms with Gasteiger partial charge in [-0.2, -0.15) is 0 Å². The second-order valence-electron chi connectivity index (χ2n) is 4.42. The molecule has 23 heavy (non-hydrogen) atoms. The molecule has 2 rings (SSSR count). The van der Waals surface area contributed by atoms with Gasteiger partial charge in [-0.1, -0.05) is 0 Å². The number of methoxy groups -OCH3 is 1. The summed E-state index contributed by atoms with van der Waals surface area (Å²) in [7, 11) is 1.24. The van der Waals surface area contributed by atoms with E-state index in [4.69, 9.17) is 14.6 Å². The summed E-state index contributed by atoms with van der Waals surface area (Å²) in [4.78, 5) is 22.8. The number of aromatic carboxylic acids is 1. The van der Waals surface area contributed by atoms with Gasteiger partial charge in [0.05, 0.1) is 18.2 Å². The molecule has 2 aromatic rings. The Labute approximate surface area is 129 Å². The minimum Gasteiger partial charge on any atom is -0.504 e. The van der Waals surface area contributed by atoms with E-state index < -0.39 is 29.2 Å². The van der Waals surface area contributed by atoms with Gasteiger partial charge in [-0.15, -0.1) is 0 Å². The van der Waals surface area contributed by atoms with Crippen LogP contribution in [0.4, 0.5) is 0 Å². The lowest BCUT2D eigenvalue weighted by Gasteiger charge is -2.10. The minimum atomic E-state index is -1.24. The molecule has 2 aromatic carbocycles. The van der Waals surface area contributed by atoms with Crippen molar-refractivity contribution in [1.82, 2.24) is 0 Å². The molecule has 120 valence electrons. The number of carbonyl (C=O) groups is 2. The van der Waals surface area contributed by atoms with Crippen molar-refractivity contribution in [2.45, 2.75) is 0 Å². The molecule has 0 atom stereocenters. The van der Waals surface area contributed by atoms with Crippen LogP contribution < -0.4 is 9.47 Å².